The van der Waals surface area contributed by atoms with E-state index in [1.807, 2.05) is 13.0 Å². The number of phenols is 1. The maximum absolute atomic E-state index is 12.6. The van der Waals surface area contributed by atoms with Crippen molar-refractivity contribution in [1.29, 1.82) is 0 Å². The largest absolute Gasteiger partial charge is 0.508 e. The second kappa shape index (κ2) is 8.52. The van der Waals surface area contributed by atoms with Crippen LogP contribution in [0.25, 0.3) is 6.08 Å². The molecule has 5 heteroatoms. The molecule has 24 heavy (non-hydrogen) atoms. The van der Waals surface area contributed by atoms with E-state index in [1.54, 1.807) is 6.08 Å². The van der Waals surface area contributed by atoms with Crippen LogP contribution in [0.3, 0.4) is 0 Å². The van der Waals surface area contributed by atoms with Gasteiger partial charge in [0.15, 0.2) is 0 Å². The number of phenolic OH excluding ortho intramolecular Hbond substituents is 1. The summed E-state index contributed by atoms with van der Waals surface area (Å²) in [6.45, 7) is 1.82. The summed E-state index contributed by atoms with van der Waals surface area (Å²) in [5.41, 5.74) is 0.860. The van der Waals surface area contributed by atoms with Crippen molar-refractivity contribution in [3.8, 4) is 11.5 Å². The number of carbonyl (C=O) groups excluding carboxylic acids is 2. The van der Waals surface area contributed by atoms with Gasteiger partial charge in [0, 0.05) is 18.9 Å². The number of fused-ring (bicyclic) bond motifs is 1. The Kier molecular flexibility index (Phi) is 6.41. The molecule has 130 valence electrons. The zero-order valence-corrected chi connectivity index (χ0v) is 14.2. The molecular weight excluding hydrogens is 308 g/mol. The van der Waals surface area contributed by atoms with Gasteiger partial charge in [0.25, 0.3) is 0 Å². The molecule has 0 bridgehead atoms. The monoisotopic (exact) mass is 332 g/mol. The summed E-state index contributed by atoms with van der Waals surface area (Å²) in [5, 5.41) is 9.83. The number of esters is 1. The molecule has 1 N–H and O–H groups in total. The number of Topliss-reactive ketones (excluding diaryl/α,β-unsaturated/α-hetero) is 1. The van der Waals surface area contributed by atoms with Crippen molar-refractivity contribution in [1.82, 2.24) is 0 Å². The van der Waals surface area contributed by atoms with E-state index < -0.39 is 5.97 Å². The van der Waals surface area contributed by atoms with Crippen LogP contribution in [0.2, 0.25) is 0 Å². The standard InChI is InChI=1S/C19H24O5/c1-13-7-6-10-15(20)9-5-3-4-8-14-11-16(21)12-17(23-2)18(14)19(22)24-13/h4,8,11-13,21H,3,5-7,9-10H2,1-2H3/b8-4+/t13-/m0/s1. The number of hydrogen-bond donors (Lipinski definition) is 1. The first-order chi connectivity index (χ1) is 11.5. The van der Waals surface area contributed by atoms with Crippen LogP contribution in [0.15, 0.2) is 18.2 Å². The Morgan fingerprint density at radius 2 is 1.96 bits per heavy atom. The molecule has 0 spiro atoms. The lowest BCUT2D eigenvalue weighted by Gasteiger charge is -2.17. The molecule has 0 aliphatic carbocycles. The molecule has 1 aromatic carbocycles. The van der Waals surface area contributed by atoms with Crippen molar-refractivity contribution < 1.29 is 24.2 Å². The Bertz CT molecular complexity index is 633. The van der Waals surface area contributed by atoms with Gasteiger partial charge in [-0.2, -0.15) is 0 Å². The Morgan fingerprint density at radius 3 is 2.71 bits per heavy atom. The lowest BCUT2D eigenvalue weighted by Crippen LogP contribution is -2.17. The number of allylic oxidation sites excluding steroid dienone is 1. The highest BCUT2D eigenvalue weighted by atomic mass is 16.5. The normalized spacial score (nSPS) is 21.3. The zero-order valence-electron chi connectivity index (χ0n) is 14.2. The van der Waals surface area contributed by atoms with Gasteiger partial charge >= 0.3 is 5.97 Å². The number of hydrogen-bond acceptors (Lipinski definition) is 5. The highest BCUT2D eigenvalue weighted by molar-refractivity contribution is 5.97. The predicted octanol–water partition coefficient (Wildman–Crippen LogP) is 3.88. The third kappa shape index (κ3) is 4.85. The molecule has 0 unspecified atom stereocenters. The van der Waals surface area contributed by atoms with Crippen LogP contribution in [-0.4, -0.2) is 30.1 Å². The molecule has 0 saturated heterocycles. The Labute approximate surface area is 142 Å². The maximum atomic E-state index is 12.6. The van der Waals surface area contributed by atoms with Gasteiger partial charge in [-0.25, -0.2) is 4.79 Å². The Morgan fingerprint density at radius 1 is 1.21 bits per heavy atom. The number of ether oxygens (including phenoxy) is 2. The molecule has 1 aliphatic heterocycles. The van der Waals surface area contributed by atoms with Crippen LogP contribution >= 0.6 is 0 Å². The number of carbonyl (C=O) groups is 2. The number of rotatable bonds is 1. The van der Waals surface area contributed by atoms with Crippen molar-refractivity contribution in [2.24, 2.45) is 0 Å². The highest BCUT2D eigenvalue weighted by Gasteiger charge is 2.21. The van der Waals surface area contributed by atoms with Gasteiger partial charge in [-0.3, -0.25) is 4.79 Å². The van der Waals surface area contributed by atoms with E-state index in [0.29, 0.717) is 36.8 Å². The van der Waals surface area contributed by atoms with Crippen LogP contribution in [0.1, 0.15) is 61.4 Å². The van der Waals surface area contributed by atoms with Crippen LogP contribution in [-0.2, 0) is 9.53 Å². The average Bonchev–Trinajstić information content (AvgIpc) is 2.52. The summed E-state index contributed by atoms with van der Waals surface area (Å²) >= 11 is 0. The lowest BCUT2D eigenvalue weighted by atomic mass is 10.0. The molecule has 0 saturated carbocycles. The Hall–Kier alpha value is -2.30. The van der Waals surface area contributed by atoms with Crippen molar-refractivity contribution in [2.45, 2.75) is 51.6 Å². The molecule has 0 amide bonds. The predicted molar refractivity (Wildman–Crippen MR) is 91.3 cm³/mol. The summed E-state index contributed by atoms with van der Waals surface area (Å²) in [5.74, 6) is 0.0719. The van der Waals surface area contributed by atoms with E-state index in [2.05, 4.69) is 0 Å². The maximum Gasteiger partial charge on any atom is 0.342 e. The first-order valence-electron chi connectivity index (χ1n) is 8.31. The first kappa shape index (κ1) is 18.0. The summed E-state index contributed by atoms with van der Waals surface area (Å²) in [7, 11) is 1.45. The van der Waals surface area contributed by atoms with Crippen molar-refractivity contribution >= 4 is 17.8 Å². The molecular formula is C19H24O5. The third-order valence-electron chi connectivity index (χ3n) is 4.04. The van der Waals surface area contributed by atoms with Gasteiger partial charge in [0.05, 0.1) is 13.2 Å². The highest BCUT2D eigenvalue weighted by Crippen LogP contribution is 2.30. The topological polar surface area (TPSA) is 72.8 Å². The minimum atomic E-state index is -0.484. The fourth-order valence-corrected chi connectivity index (χ4v) is 2.77. The Balaban J connectivity index is 2.36. The van der Waals surface area contributed by atoms with Crippen molar-refractivity contribution in [3.05, 3.63) is 29.3 Å². The summed E-state index contributed by atoms with van der Waals surface area (Å²) in [4.78, 5) is 24.3. The summed E-state index contributed by atoms with van der Waals surface area (Å²) in [6, 6.07) is 2.91. The minimum Gasteiger partial charge on any atom is -0.508 e. The quantitative estimate of drug-likeness (QED) is 0.790. The number of cyclic esters (lactones) is 1. The van der Waals surface area contributed by atoms with Gasteiger partial charge < -0.3 is 14.6 Å². The zero-order chi connectivity index (χ0) is 17.5. The summed E-state index contributed by atoms with van der Waals surface area (Å²) in [6.07, 6.45) is 7.33. The summed E-state index contributed by atoms with van der Waals surface area (Å²) < 4.78 is 10.7. The SMILES string of the molecule is COc1cc(O)cc2c1C(=O)O[C@@H](C)CCCC(=O)CCC/C=C/2. The third-order valence-corrected chi connectivity index (χ3v) is 4.04. The van der Waals surface area contributed by atoms with Gasteiger partial charge in [-0.05, 0) is 44.2 Å². The van der Waals surface area contributed by atoms with E-state index in [4.69, 9.17) is 9.47 Å². The first-order valence-corrected chi connectivity index (χ1v) is 8.31. The molecule has 1 atom stereocenters. The molecule has 2 rings (SSSR count). The fourth-order valence-electron chi connectivity index (χ4n) is 2.77. The number of methoxy groups -OCH3 is 1. The molecule has 1 heterocycles. The van der Waals surface area contributed by atoms with Crippen LogP contribution in [0, 0.1) is 0 Å². The lowest BCUT2D eigenvalue weighted by molar-refractivity contribution is -0.119. The molecule has 1 aromatic rings. The molecule has 0 radical (unpaired) electrons. The number of ketones is 1. The van der Waals surface area contributed by atoms with E-state index in [9.17, 15) is 14.7 Å². The fraction of sp³-hybridized carbons (Fsp3) is 0.474. The van der Waals surface area contributed by atoms with Gasteiger partial charge in [0.1, 0.15) is 22.8 Å². The van der Waals surface area contributed by atoms with Crippen molar-refractivity contribution in [2.75, 3.05) is 7.11 Å². The molecule has 5 nitrogen and oxygen atoms in total. The van der Waals surface area contributed by atoms with Gasteiger partial charge in [-0.15, -0.1) is 0 Å². The van der Waals surface area contributed by atoms with Gasteiger partial charge in [0.2, 0.25) is 0 Å². The van der Waals surface area contributed by atoms with E-state index >= 15 is 0 Å². The average molecular weight is 332 g/mol. The molecule has 1 aliphatic rings. The second-order valence-electron chi connectivity index (χ2n) is 6.05. The second-order valence-corrected chi connectivity index (χ2v) is 6.05. The number of aromatic hydroxyl groups is 1. The molecule has 0 aromatic heterocycles. The van der Waals surface area contributed by atoms with E-state index in [0.717, 1.165) is 12.8 Å². The van der Waals surface area contributed by atoms with Crippen LogP contribution in [0.5, 0.6) is 11.5 Å². The van der Waals surface area contributed by atoms with E-state index in [1.165, 1.54) is 19.2 Å². The van der Waals surface area contributed by atoms with Crippen LogP contribution in [0.4, 0.5) is 0 Å². The number of benzene rings is 1. The smallest absolute Gasteiger partial charge is 0.342 e. The minimum absolute atomic E-state index is 0.0207. The molecule has 0 fully saturated rings. The van der Waals surface area contributed by atoms with E-state index in [-0.39, 0.29) is 23.4 Å². The van der Waals surface area contributed by atoms with Gasteiger partial charge in [-0.1, -0.05) is 12.2 Å². The van der Waals surface area contributed by atoms with Crippen molar-refractivity contribution in [3.63, 3.8) is 0 Å². The van der Waals surface area contributed by atoms with Crippen LogP contribution < -0.4 is 4.74 Å².